The van der Waals surface area contributed by atoms with Crippen molar-refractivity contribution in [3.05, 3.63) is 0 Å². The van der Waals surface area contributed by atoms with E-state index in [9.17, 15) is 4.79 Å². The molecule has 0 aromatic heterocycles. The number of hydrogen-bond acceptors (Lipinski definition) is 3. The van der Waals surface area contributed by atoms with Crippen molar-refractivity contribution in [2.45, 2.75) is 19.4 Å². The molecular formula is C8H16N2O2. The molecule has 1 saturated heterocycles. The van der Waals surface area contributed by atoms with Crippen LogP contribution in [-0.4, -0.2) is 43.3 Å². The highest BCUT2D eigenvalue weighted by molar-refractivity contribution is 5.70. The van der Waals surface area contributed by atoms with Crippen molar-refractivity contribution in [3.8, 4) is 0 Å². The van der Waals surface area contributed by atoms with Crippen LogP contribution in [-0.2, 0) is 4.74 Å². The zero-order valence-corrected chi connectivity index (χ0v) is 7.89. The van der Waals surface area contributed by atoms with Gasteiger partial charge in [0.2, 0.25) is 0 Å². The van der Waals surface area contributed by atoms with Gasteiger partial charge in [0.15, 0.2) is 0 Å². The molecule has 1 amide bonds. The maximum absolute atomic E-state index is 11.2. The molecule has 0 bridgehead atoms. The van der Waals surface area contributed by atoms with Gasteiger partial charge in [-0.2, -0.15) is 0 Å². The fourth-order valence-electron chi connectivity index (χ4n) is 1.26. The minimum atomic E-state index is -0.199. The number of cyclic esters (lactones) is 1. The topological polar surface area (TPSA) is 41.6 Å². The number of ether oxygens (including phenoxy) is 1. The summed E-state index contributed by atoms with van der Waals surface area (Å²) in [5.74, 6) is 0. The van der Waals surface area contributed by atoms with Crippen LogP contribution in [0.25, 0.3) is 0 Å². The monoisotopic (exact) mass is 172 g/mol. The normalized spacial score (nSPS) is 21.2. The standard InChI is InChI=1S/C8H16N2O2/c1-8(2)6-12-7(11)10(8)5-4-9-3/h9H,4-6H2,1-3H3. The molecule has 0 radical (unpaired) electrons. The van der Waals surface area contributed by atoms with Crippen molar-refractivity contribution in [1.29, 1.82) is 0 Å². The lowest BCUT2D eigenvalue weighted by molar-refractivity contribution is 0.155. The largest absolute Gasteiger partial charge is 0.447 e. The third-order valence-electron chi connectivity index (χ3n) is 2.09. The van der Waals surface area contributed by atoms with E-state index in [4.69, 9.17) is 4.74 Å². The number of amides is 1. The first kappa shape index (κ1) is 9.32. The molecule has 1 aliphatic rings. The number of rotatable bonds is 3. The summed E-state index contributed by atoms with van der Waals surface area (Å²) in [4.78, 5) is 12.9. The molecule has 0 aromatic rings. The van der Waals surface area contributed by atoms with Gasteiger partial charge in [0, 0.05) is 13.1 Å². The maximum atomic E-state index is 11.2. The summed E-state index contributed by atoms with van der Waals surface area (Å²) in [6.07, 6.45) is -0.199. The minimum absolute atomic E-state index is 0.145. The molecule has 1 heterocycles. The Bertz CT molecular complexity index is 180. The van der Waals surface area contributed by atoms with Crippen molar-refractivity contribution in [3.63, 3.8) is 0 Å². The smallest absolute Gasteiger partial charge is 0.410 e. The van der Waals surface area contributed by atoms with E-state index in [1.165, 1.54) is 0 Å². The Morgan fingerprint density at radius 3 is 2.75 bits per heavy atom. The summed E-state index contributed by atoms with van der Waals surface area (Å²) in [7, 11) is 1.87. The van der Waals surface area contributed by atoms with Gasteiger partial charge >= 0.3 is 6.09 Å². The second kappa shape index (κ2) is 3.31. The van der Waals surface area contributed by atoms with Gasteiger partial charge in [0.05, 0.1) is 5.54 Å². The fraction of sp³-hybridized carbons (Fsp3) is 0.875. The van der Waals surface area contributed by atoms with Gasteiger partial charge in [-0.05, 0) is 20.9 Å². The first-order valence-corrected chi connectivity index (χ1v) is 4.17. The second-order valence-electron chi connectivity index (χ2n) is 3.62. The van der Waals surface area contributed by atoms with Crippen molar-refractivity contribution >= 4 is 6.09 Å². The Labute approximate surface area is 72.9 Å². The minimum Gasteiger partial charge on any atom is -0.447 e. The molecule has 4 heteroatoms. The third kappa shape index (κ3) is 1.69. The highest BCUT2D eigenvalue weighted by Gasteiger charge is 2.38. The maximum Gasteiger partial charge on any atom is 0.410 e. The third-order valence-corrected chi connectivity index (χ3v) is 2.09. The zero-order valence-electron chi connectivity index (χ0n) is 7.89. The van der Waals surface area contributed by atoms with Gasteiger partial charge in [-0.15, -0.1) is 0 Å². The number of nitrogens with zero attached hydrogens (tertiary/aromatic N) is 1. The van der Waals surface area contributed by atoms with Gasteiger partial charge in [0.25, 0.3) is 0 Å². The number of nitrogens with one attached hydrogen (secondary N) is 1. The molecule has 12 heavy (non-hydrogen) atoms. The van der Waals surface area contributed by atoms with Gasteiger partial charge in [-0.25, -0.2) is 4.79 Å². The molecule has 1 N–H and O–H groups in total. The van der Waals surface area contributed by atoms with Gasteiger partial charge in [-0.1, -0.05) is 0 Å². The lowest BCUT2D eigenvalue weighted by Gasteiger charge is -2.27. The summed E-state index contributed by atoms with van der Waals surface area (Å²) >= 11 is 0. The number of carbonyl (C=O) groups is 1. The average Bonchev–Trinajstić information content (AvgIpc) is 2.24. The van der Waals surface area contributed by atoms with E-state index < -0.39 is 0 Å². The Morgan fingerprint density at radius 1 is 1.67 bits per heavy atom. The average molecular weight is 172 g/mol. The predicted octanol–water partition coefficient (Wildman–Crippen LogP) is 0.437. The summed E-state index contributed by atoms with van der Waals surface area (Å²) in [6, 6.07) is 0. The lowest BCUT2D eigenvalue weighted by atomic mass is 10.1. The highest BCUT2D eigenvalue weighted by atomic mass is 16.6. The zero-order chi connectivity index (χ0) is 9.19. The van der Waals surface area contributed by atoms with Gasteiger partial charge in [-0.3, -0.25) is 4.90 Å². The van der Waals surface area contributed by atoms with Crippen LogP contribution in [0.3, 0.4) is 0 Å². The molecule has 1 aliphatic heterocycles. The van der Waals surface area contributed by atoms with Crippen molar-refractivity contribution < 1.29 is 9.53 Å². The van der Waals surface area contributed by atoms with Gasteiger partial charge < -0.3 is 10.1 Å². The van der Waals surface area contributed by atoms with E-state index in [0.29, 0.717) is 13.2 Å². The first-order valence-electron chi connectivity index (χ1n) is 4.17. The summed E-state index contributed by atoms with van der Waals surface area (Å²) in [5.41, 5.74) is -0.145. The molecule has 0 saturated carbocycles. The van der Waals surface area contributed by atoms with Crippen molar-refractivity contribution in [1.82, 2.24) is 10.2 Å². The molecule has 0 spiro atoms. The first-order chi connectivity index (χ1) is 5.58. The Hall–Kier alpha value is -0.770. The SMILES string of the molecule is CNCCN1C(=O)OCC1(C)C. The Morgan fingerprint density at radius 2 is 2.33 bits per heavy atom. The molecule has 0 aliphatic carbocycles. The number of likely N-dealkylation sites (N-methyl/N-ethyl adjacent to an activating group) is 1. The molecule has 0 aromatic carbocycles. The van der Waals surface area contributed by atoms with E-state index in [2.05, 4.69) is 5.32 Å². The van der Waals surface area contributed by atoms with Crippen LogP contribution >= 0.6 is 0 Å². The quantitative estimate of drug-likeness (QED) is 0.671. The Kier molecular flexibility index (Phi) is 2.57. The molecule has 70 valence electrons. The fourth-order valence-corrected chi connectivity index (χ4v) is 1.26. The van der Waals surface area contributed by atoms with Gasteiger partial charge in [0.1, 0.15) is 6.61 Å². The summed E-state index contributed by atoms with van der Waals surface area (Å²) < 4.78 is 4.94. The predicted molar refractivity (Wildman–Crippen MR) is 46.1 cm³/mol. The van der Waals surface area contributed by atoms with Crippen LogP contribution in [0.15, 0.2) is 0 Å². The van der Waals surface area contributed by atoms with Crippen LogP contribution in [0.5, 0.6) is 0 Å². The molecule has 1 rings (SSSR count). The van der Waals surface area contributed by atoms with E-state index in [1.54, 1.807) is 4.90 Å². The molecule has 1 fully saturated rings. The number of carbonyl (C=O) groups excluding carboxylic acids is 1. The molecule has 4 nitrogen and oxygen atoms in total. The molecule has 0 atom stereocenters. The van der Waals surface area contributed by atoms with Crippen LogP contribution in [0.1, 0.15) is 13.8 Å². The van der Waals surface area contributed by atoms with Crippen LogP contribution in [0.4, 0.5) is 4.79 Å². The molecule has 0 unspecified atom stereocenters. The van der Waals surface area contributed by atoms with E-state index in [1.807, 2.05) is 20.9 Å². The van der Waals surface area contributed by atoms with E-state index in [-0.39, 0.29) is 11.6 Å². The summed E-state index contributed by atoms with van der Waals surface area (Å²) in [5, 5.41) is 3.00. The van der Waals surface area contributed by atoms with E-state index >= 15 is 0 Å². The van der Waals surface area contributed by atoms with Crippen molar-refractivity contribution in [2.24, 2.45) is 0 Å². The molecular weight excluding hydrogens is 156 g/mol. The number of hydrogen-bond donors (Lipinski definition) is 1. The summed E-state index contributed by atoms with van der Waals surface area (Å²) in [6.45, 7) is 6.03. The van der Waals surface area contributed by atoms with E-state index in [0.717, 1.165) is 6.54 Å². The second-order valence-corrected chi connectivity index (χ2v) is 3.62. The van der Waals surface area contributed by atoms with Crippen LogP contribution in [0, 0.1) is 0 Å². The van der Waals surface area contributed by atoms with Crippen LogP contribution in [0.2, 0.25) is 0 Å². The Balaban J connectivity index is 2.53. The highest BCUT2D eigenvalue weighted by Crippen LogP contribution is 2.22. The van der Waals surface area contributed by atoms with Crippen LogP contribution < -0.4 is 5.32 Å². The lowest BCUT2D eigenvalue weighted by Crippen LogP contribution is -2.44. The van der Waals surface area contributed by atoms with Crippen molar-refractivity contribution in [2.75, 3.05) is 26.7 Å².